The van der Waals surface area contributed by atoms with E-state index in [4.69, 9.17) is 18.9 Å². The Balaban J connectivity index is 2.41. The van der Waals surface area contributed by atoms with Gasteiger partial charge in [0.05, 0.1) is 13.2 Å². The van der Waals surface area contributed by atoms with Gasteiger partial charge in [-0.25, -0.2) is 0 Å². The topological polar surface area (TPSA) is 152 Å². The van der Waals surface area contributed by atoms with Crippen LogP contribution in [0.15, 0.2) is 85.1 Å². The van der Waals surface area contributed by atoms with Gasteiger partial charge in [-0.1, -0.05) is 131 Å². The fourth-order valence-corrected chi connectivity index (χ4v) is 5.84. The lowest BCUT2D eigenvalue weighted by Gasteiger charge is -2.39. The number of rotatable bonds is 34. The lowest BCUT2D eigenvalue weighted by molar-refractivity contribution is -0.305. The van der Waals surface area contributed by atoms with Gasteiger partial charge in [0.1, 0.15) is 31.0 Å². The second kappa shape index (κ2) is 37.2. The molecular formula is C47H76O10. The van der Waals surface area contributed by atoms with E-state index in [-0.39, 0.29) is 26.1 Å². The van der Waals surface area contributed by atoms with Crippen LogP contribution in [0.5, 0.6) is 0 Å². The van der Waals surface area contributed by atoms with Crippen LogP contribution in [0.25, 0.3) is 0 Å². The van der Waals surface area contributed by atoms with Crippen molar-refractivity contribution in [3.05, 3.63) is 85.1 Å². The van der Waals surface area contributed by atoms with Crippen LogP contribution in [-0.2, 0) is 28.5 Å². The molecule has 0 spiro atoms. The number of aliphatic hydroxyl groups excluding tert-OH is 4. The van der Waals surface area contributed by atoms with Gasteiger partial charge in [0.15, 0.2) is 12.4 Å². The highest BCUT2D eigenvalue weighted by Gasteiger charge is 2.44. The molecule has 0 bridgehead atoms. The number of hydrogen-bond donors (Lipinski definition) is 4. The standard InChI is InChI=1S/C47H76O10/c1-3-5-7-9-11-13-15-17-19-20-22-23-25-27-29-31-33-35-42(49)54-38-40(39-55-47-46(53)45(52)44(51)41(37-48)57-47)56-43(50)36-34-32-30-28-26-24-21-18-16-14-12-10-8-6-4-2/h5,7,11-14,17-19,21-23,27,29,40-41,44-48,51-53H,3-4,6,8-10,15-16,20,24-26,28,30-39H2,1-2H3/b7-5+,13-11+,14-12+,19-17+,21-18+,23-22+,29-27+/t40-,41-,44+,45?,46?,47-/m0/s1. The molecule has 2 unspecified atom stereocenters. The van der Waals surface area contributed by atoms with Gasteiger partial charge in [-0.05, 0) is 83.5 Å². The monoisotopic (exact) mass is 801 g/mol. The Morgan fingerprint density at radius 3 is 1.61 bits per heavy atom. The van der Waals surface area contributed by atoms with E-state index in [1.165, 1.54) is 19.3 Å². The Bertz CT molecular complexity index is 1200. The Labute approximate surface area is 344 Å². The Morgan fingerprint density at radius 1 is 0.561 bits per heavy atom. The first kappa shape index (κ1) is 51.9. The maximum atomic E-state index is 12.7. The van der Waals surface area contributed by atoms with Crippen molar-refractivity contribution in [3.8, 4) is 0 Å². The maximum absolute atomic E-state index is 12.7. The molecule has 10 nitrogen and oxygen atoms in total. The largest absolute Gasteiger partial charge is 0.462 e. The van der Waals surface area contributed by atoms with Gasteiger partial charge in [0, 0.05) is 12.8 Å². The number of ether oxygens (including phenoxy) is 4. The molecule has 1 heterocycles. The summed E-state index contributed by atoms with van der Waals surface area (Å²) in [7, 11) is 0. The molecule has 1 rings (SSSR count). The molecule has 1 fully saturated rings. The maximum Gasteiger partial charge on any atom is 0.306 e. The summed E-state index contributed by atoms with van der Waals surface area (Å²) in [5.74, 6) is -0.900. The predicted molar refractivity (Wildman–Crippen MR) is 228 cm³/mol. The van der Waals surface area contributed by atoms with Gasteiger partial charge in [0.25, 0.3) is 0 Å². The molecule has 0 aromatic heterocycles. The number of carbonyl (C=O) groups excluding carboxylic acids is 2. The first-order chi connectivity index (χ1) is 27.8. The summed E-state index contributed by atoms with van der Waals surface area (Å²) >= 11 is 0. The molecule has 324 valence electrons. The van der Waals surface area contributed by atoms with Crippen molar-refractivity contribution in [2.45, 2.75) is 179 Å². The number of aliphatic hydroxyl groups is 4. The zero-order valence-electron chi connectivity index (χ0n) is 35.0. The SMILES string of the molecule is CC/C=C/C/C=C/C/C=C/C/C=C/C/C=C/CCCC(=O)OC[C@@H](CO[C@H]1O[C@@H](CO)[C@@H](O)C(O)C1O)OC(=O)CCCCCCC/C=C/C/C=C/CCCCC. The van der Waals surface area contributed by atoms with E-state index in [1.807, 2.05) is 6.08 Å². The fourth-order valence-electron chi connectivity index (χ4n) is 5.84. The average Bonchev–Trinajstić information content (AvgIpc) is 3.21. The Hall–Kier alpha value is -3.12. The minimum absolute atomic E-state index is 0.189. The van der Waals surface area contributed by atoms with Crippen LogP contribution in [0.3, 0.4) is 0 Å². The van der Waals surface area contributed by atoms with E-state index in [1.54, 1.807) is 0 Å². The number of esters is 2. The summed E-state index contributed by atoms with van der Waals surface area (Å²) in [5.41, 5.74) is 0. The Morgan fingerprint density at radius 2 is 1.05 bits per heavy atom. The third-order valence-corrected chi connectivity index (χ3v) is 9.26. The van der Waals surface area contributed by atoms with E-state index >= 15 is 0 Å². The van der Waals surface area contributed by atoms with Crippen LogP contribution < -0.4 is 0 Å². The Kier molecular flexibility index (Phi) is 33.8. The van der Waals surface area contributed by atoms with Crippen LogP contribution in [0, 0.1) is 0 Å². The number of allylic oxidation sites excluding steroid dienone is 14. The first-order valence-corrected chi connectivity index (χ1v) is 21.7. The number of hydrogen-bond acceptors (Lipinski definition) is 10. The molecule has 4 N–H and O–H groups in total. The molecular weight excluding hydrogens is 725 g/mol. The smallest absolute Gasteiger partial charge is 0.306 e. The molecule has 0 amide bonds. The number of unbranched alkanes of at least 4 members (excludes halogenated alkanes) is 9. The van der Waals surface area contributed by atoms with E-state index in [2.05, 4.69) is 92.8 Å². The minimum atomic E-state index is -1.61. The summed E-state index contributed by atoms with van der Waals surface area (Å²) in [6.45, 7) is 3.18. The molecule has 0 aliphatic carbocycles. The fraction of sp³-hybridized carbons (Fsp3) is 0.660. The summed E-state index contributed by atoms with van der Waals surface area (Å²) in [6, 6.07) is 0. The van der Waals surface area contributed by atoms with Crippen LogP contribution in [0.4, 0.5) is 0 Å². The van der Waals surface area contributed by atoms with Crippen molar-refractivity contribution >= 4 is 11.9 Å². The molecule has 1 aliphatic heterocycles. The van der Waals surface area contributed by atoms with Crippen molar-refractivity contribution in [2.24, 2.45) is 0 Å². The van der Waals surface area contributed by atoms with Crippen molar-refractivity contribution < 1.29 is 49.0 Å². The molecule has 57 heavy (non-hydrogen) atoms. The van der Waals surface area contributed by atoms with Gasteiger partial charge in [-0.2, -0.15) is 0 Å². The van der Waals surface area contributed by atoms with Crippen molar-refractivity contribution in [1.82, 2.24) is 0 Å². The third kappa shape index (κ3) is 28.9. The number of carbonyl (C=O) groups is 2. The summed E-state index contributed by atoms with van der Waals surface area (Å²) in [5, 5.41) is 40.0. The average molecular weight is 801 g/mol. The lowest BCUT2D eigenvalue weighted by Crippen LogP contribution is -2.59. The normalized spacial score (nSPS) is 21.1. The van der Waals surface area contributed by atoms with E-state index in [0.717, 1.165) is 83.5 Å². The van der Waals surface area contributed by atoms with Crippen molar-refractivity contribution in [2.75, 3.05) is 19.8 Å². The molecule has 0 aromatic rings. The summed E-state index contributed by atoms with van der Waals surface area (Å²) < 4.78 is 22.1. The zero-order valence-corrected chi connectivity index (χ0v) is 35.0. The summed E-state index contributed by atoms with van der Waals surface area (Å²) in [6.07, 6.45) is 40.2. The second-order valence-electron chi connectivity index (χ2n) is 14.4. The van der Waals surface area contributed by atoms with Crippen LogP contribution in [0.2, 0.25) is 0 Å². The quantitative estimate of drug-likeness (QED) is 0.0282. The zero-order chi connectivity index (χ0) is 41.6. The second-order valence-corrected chi connectivity index (χ2v) is 14.4. The predicted octanol–water partition coefficient (Wildman–Crippen LogP) is 8.99. The van der Waals surface area contributed by atoms with Crippen LogP contribution >= 0.6 is 0 Å². The third-order valence-electron chi connectivity index (χ3n) is 9.26. The molecule has 0 aromatic carbocycles. The van der Waals surface area contributed by atoms with Gasteiger partial charge < -0.3 is 39.4 Å². The van der Waals surface area contributed by atoms with Crippen molar-refractivity contribution in [3.63, 3.8) is 0 Å². The van der Waals surface area contributed by atoms with E-state index in [9.17, 15) is 30.0 Å². The minimum Gasteiger partial charge on any atom is -0.462 e. The van der Waals surface area contributed by atoms with Crippen molar-refractivity contribution in [1.29, 1.82) is 0 Å². The molecule has 0 saturated carbocycles. The van der Waals surface area contributed by atoms with E-state index < -0.39 is 55.4 Å². The highest BCUT2D eigenvalue weighted by Crippen LogP contribution is 2.22. The van der Waals surface area contributed by atoms with Gasteiger partial charge in [-0.15, -0.1) is 0 Å². The van der Waals surface area contributed by atoms with Gasteiger partial charge in [0.2, 0.25) is 0 Å². The van der Waals surface area contributed by atoms with Gasteiger partial charge >= 0.3 is 11.9 Å². The lowest BCUT2D eigenvalue weighted by atomic mass is 9.99. The molecule has 1 saturated heterocycles. The first-order valence-electron chi connectivity index (χ1n) is 21.7. The van der Waals surface area contributed by atoms with Crippen LogP contribution in [0.1, 0.15) is 142 Å². The van der Waals surface area contributed by atoms with Crippen LogP contribution in [-0.4, -0.2) is 89.0 Å². The molecule has 1 aliphatic rings. The highest BCUT2D eigenvalue weighted by molar-refractivity contribution is 5.70. The van der Waals surface area contributed by atoms with Gasteiger partial charge in [-0.3, -0.25) is 9.59 Å². The van der Waals surface area contributed by atoms with E-state index in [0.29, 0.717) is 12.8 Å². The molecule has 10 heteroatoms. The molecule has 6 atom stereocenters. The highest BCUT2D eigenvalue weighted by atomic mass is 16.7. The molecule has 0 radical (unpaired) electrons. The summed E-state index contributed by atoms with van der Waals surface area (Å²) in [4.78, 5) is 25.3.